The highest BCUT2D eigenvalue weighted by Crippen LogP contribution is 2.18. The zero-order valence-corrected chi connectivity index (χ0v) is 14.2. The Hall–Kier alpha value is -1.24. The van der Waals surface area contributed by atoms with Gasteiger partial charge < -0.3 is 14.1 Å². The summed E-state index contributed by atoms with van der Waals surface area (Å²) in [5.74, 6) is 2.94. The number of thioether (sulfide) groups is 1. The lowest BCUT2D eigenvalue weighted by atomic mass is 10.2. The lowest BCUT2D eigenvalue weighted by Gasteiger charge is -2.35. The molecule has 2 aliphatic heterocycles. The largest absolute Gasteiger partial charge is 0.465 e. The fourth-order valence-corrected chi connectivity index (χ4v) is 4.04. The number of morpholine rings is 1. The van der Waals surface area contributed by atoms with Crippen LogP contribution in [0.1, 0.15) is 12.2 Å². The van der Waals surface area contributed by atoms with Gasteiger partial charge in [-0.2, -0.15) is 11.8 Å². The van der Waals surface area contributed by atoms with Crippen LogP contribution >= 0.6 is 11.8 Å². The van der Waals surface area contributed by atoms with Crippen LogP contribution in [-0.4, -0.2) is 72.6 Å². The Kier molecular flexibility index (Phi) is 6.19. The van der Waals surface area contributed by atoms with E-state index in [9.17, 15) is 4.79 Å². The molecule has 3 rings (SSSR count). The highest BCUT2D eigenvalue weighted by atomic mass is 32.2. The Bertz CT molecular complexity index is 512. The van der Waals surface area contributed by atoms with Crippen molar-refractivity contribution in [2.24, 2.45) is 0 Å². The number of rotatable bonds is 4. The van der Waals surface area contributed by atoms with Crippen LogP contribution in [0.25, 0.3) is 6.08 Å². The molecule has 1 aromatic rings. The van der Waals surface area contributed by atoms with Crippen LogP contribution in [0, 0.1) is 0 Å². The van der Waals surface area contributed by atoms with E-state index in [1.807, 2.05) is 28.8 Å². The summed E-state index contributed by atoms with van der Waals surface area (Å²) < 4.78 is 10.7. The first-order valence-electron chi connectivity index (χ1n) is 8.23. The first-order valence-corrected chi connectivity index (χ1v) is 9.38. The Morgan fingerprint density at radius 3 is 3.00 bits per heavy atom. The summed E-state index contributed by atoms with van der Waals surface area (Å²) >= 11 is 1.96. The summed E-state index contributed by atoms with van der Waals surface area (Å²) in [6.45, 7) is 5.30. The molecule has 0 aromatic carbocycles. The number of hydrogen-bond acceptors (Lipinski definition) is 5. The molecule has 0 bridgehead atoms. The predicted molar refractivity (Wildman–Crippen MR) is 92.4 cm³/mol. The Morgan fingerprint density at radius 2 is 2.22 bits per heavy atom. The third-order valence-corrected chi connectivity index (χ3v) is 5.43. The molecule has 23 heavy (non-hydrogen) atoms. The zero-order chi connectivity index (χ0) is 15.9. The maximum absolute atomic E-state index is 12.6. The molecule has 6 heteroatoms. The monoisotopic (exact) mass is 336 g/mol. The molecule has 0 spiro atoms. The average Bonchev–Trinajstić information content (AvgIpc) is 2.99. The van der Waals surface area contributed by atoms with Gasteiger partial charge in [0, 0.05) is 38.0 Å². The van der Waals surface area contributed by atoms with Gasteiger partial charge in [-0.15, -0.1) is 0 Å². The van der Waals surface area contributed by atoms with Gasteiger partial charge in [0.05, 0.1) is 25.5 Å². The van der Waals surface area contributed by atoms with Crippen molar-refractivity contribution < 1.29 is 13.9 Å². The van der Waals surface area contributed by atoms with Gasteiger partial charge in [-0.3, -0.25) is 9.69 Å². The summed E-state index contributed by atoms with van der Waals surface area (Å²) in [5.41, 5.74) is 0. The highest BCUT2D eigenvalue weighted by Gasteiger charge is 2.27. The summed E-state index contributed by atoms with van der Waals surface area (Å²) in [7, 11) is 0. The molecule has 2 aliphatic rings. The summed E-state index contributed by atoms with van der Waals surface area (Å²) in [4.78, 5) is 17.1. The summed E-state index contributed by atoms with van der Waals surface area (Å²) in [6, 6.07) is 3.95. The van der Waals surface area contributed by atoms with Crippen LogP contribution in [0.2, 0.25) is 0 Å². The van der Waals surface area contributed by atoms with E-state index in [1.54, 1.807) is 18.4 Å². The predicted octanol–water partition coefficient (Wildman–Crippen LogP) is 1.96. The van der Waals surface area contributed by atoms with E-state index < -0.39 is 0 Å². The third-order valence-electron chi connectivity index (χ3n) is 4.23. The summed E-state index contributed by atoms with van der Waals surface area (Å²) in [5, 5.41) is 0. The molecule has 0 aliphatic carbocycles. The molecule has 1 atom stereocenters. The van der Waals surface area contributed by atoms with Crippen molar-refractivity contribution in [3.05, 3.63) is 30.2 Å². The van der Waals surface area contributed by atoms with Gasteiger partial charge in [0.1, 0.15) is 5.76 Å². The molecule has 0 saturated carbocycles. The topological polar surface area (TPSA) is 45.9 Å². The van der Waals surface area contributed by atoms with Gasteiger partial charge in [-0.25, -0.2) is 0 Å². The number of amides is 1. The fourth-order valence-electron chi connectivity index (χ4n) is 2.99. The van der Waals surface area contributed by atoms with Crippen molar-refractivity contribution in [1.82, 2.24) is 9.80 Å². The quantitative estimate of drug-likeness (QED) is 0.787. The standard InChI is InChI=1S/C17H24N2O3S/c20-17(5-4-16-3-1-9-22-16)19-6-2-12-23-14-15(19)13-18-7-10-21-11-8-18/h1,3-5,9,15H,2,6-8,10-14H2/b5-4+/t15-/m0/s1. The van der Waals surface area contributed by atoms with Crippen LogP contribution in [0.4, 0.5) is 0 Å². The van der Waals surface area contributed by atoms with Crippen LogP contribution < -0.4 is 0 Å². The number of ether oxygens (including phenoxy) is 1. The molecule has 3 heterocycles. The second-order valence-corrected chi connectivity index (χ2v) is 7.03. The normalized spacial score (nSPS) is 24.0. The molecular weight excluding hydrogens is 312 g/mol. The molecule has 1 aromatic heterocycles. The van der Waals surface area contributed by atoms with E-state index in [1.165, 1.54) is 0 Å². The number of nitrogens with zero attached hydrogens (tertiary/aromatic N) is 2. The van der Waals surface area contributed by atoms with Gasteiger partial charge in [0.25, 0.3) is 0 Å². The van der Waals surface area contributed by atoms with Crippen LogP contribution in [-0.2, 0) is 9.53 Å². The lowest BCUT2D eigenvalue weighted by Crippen LogP contribution is -2.50. The minimum atomic E-state index is 0.0853. The van der Waals surface area contributed by atoms with Crippen LogP contribution in [0.5, 0.6) is 0 Å². The van der Waals surface area contributed by atoms with E-state index in [-0.39, 0.29) is 11.9 Å². The number of carbonyl (C=O) groups is 1. The molecule has 5 nitrogen and oxygen atoms in total. The van der Waals surface area contributed by atoms with E-state index >= 15 is 0 Å². The highest BCUT2D eigenvalue weighted by molar-refractivity contribution is 7.99. The SMILES string of the molecule is O=C(/C=C/c1ccco1)N1CCCSC[C@@H]1CN1CCOCC1. The molecule has 1 amide bonds. The lowest BCUT2D eigenvalue weighted by molar-refractivity contribution is -0.128. The molecular formula is C17H24N2O3S. The zero-order valence-electron chi connectivity index (χ0n) is 13.4. The minimum absolute atomic E-state index is 0.0853. The van der Waals surface area contributed by atoms with E-state index in [0.717, 1.165) is 57.3 Å². The Balaban J connectivity index is 1.63. The Labute approximate surface area is 141 Å². The van der Waals surface area contributed by atoms with Crippen molar-refractivity contribution in [1.29, 1.82) is 0 Å². The molecule has 0 unspecified atom stereocenters. The van der Waals surface area contributed by atoms with Gasteiger partial charge >= 0.3 is 0 Å². The Morgan fingerprint density at radius 1 is 1.35 bits per heavy atom. The smallest absolute Gasteiger partial charge is 0.247 e. The van der Waals surface area contributed by atoms with Gasteiger partial charge in [-0.1, -0.05) is 0 Å². The van der Waals surface area contributed by atoms with Gasteiger partial charge in [0.2, 0.25) is 5.91 Å². The maximum atomic E-state index is 12.6. The molecule has 2 saturated heterocycles. The maximum Gasteiger partial charge on any atom is 0.247 e. The van der Waals surface area contributed by atoms with Crippen molar-refractivity contribution in [2.45, 2.75) is 12.5 Å². The number of hydrogen-bond donors (Lipinski definition) is 0. The van der Waals surface area contributed by atoms with Crippen molar-refractivity contribution >= 4 is 23.7 Å². The third kappa shape index (κ3) is 4.86. The van der Waals surface area contributed by atoms with Crippen molar-refractivity contribution in [2.75, 3.05) is 50.9 Å². The second-order valence-electron chi connectivity index (χ2n) is 5.88. The number of furan rings is 1. The van der Waals surface area contributed by atoms with Crippen LogP contribution in [0.3, 0.4) is 0 Å². The number of carbonyl (C=O) groups excluding carboxylic acids is 1. The molecule has 0 N–H and O–H groups in total. The van der Waals surface area contributed by atoms with Crippen molar-refractivity contribution in [3.8, 4) is 0 Å². The van der Waals surface area contributed by atoms with Gasteiger partial charge in [-0.05, 0) is 30.4 Å². The molecule has 126 valence electrons. The van der Waals surface area contributed by atoms with Crippen LogP contribution in [0.15, 0.2) is 28.9 Å². The fraction of sp³-hybridized carbons (Fsp3) is 0.588. The first-order chi connectivity index (χ1) is 11.3. The van der Waals surface area contributed by atoms with Gasteiger partial charge in [0.15, 0.2) is 0 Å². The average molecular weight is 336 g/mol. The minimum Gasteiger partial charge on any atom is -0.465 e. The summed E-state index contributed by atoms with van der Waals surface area (Å²) in [6.07, 6.45) is 6.08. The first kappa shape index (κ1) is 16.6. The van der Waals surface area contributed by atoms with E-state index in [4.69, 9.17) is 9.15 Å². The molecule has 2 fully saturated rings. The second kappa shape index (κ2) is 8.57. The van der Waals surface area contributed by atoms with E-state index in [0.29, 0.717) is 5.76 Å². The van der Waals surface area contributed by atoms with E-state index in [2.05, 4.69) is 4.90 Å². The van der Waals surface area contributed by atoms with Crippen molar-refractivity contribution in [3.63, 3.8) is 0 Å². The molecule has 0 radical (unpaired) electrons.